The molecule has 37 heavy (non-hydrogen) atoms. The molecule has 0 spiro atoms. The molecule has 0 radical (unpaired) electrons. The second-order valence-electron chi connectivity index (χ2n) is 10.5. The molecule has 2 aliphatic rings. The molecule has 2 unspecified atom stereocenters. The van der Waals surface area contributed by atoms with E-state index in [2.05, 4.69) is 20.2 Å². The fourth-order valence-corrected chi connectivity index (χ4v) is 5.30. The second-order valence-corrected chi connectivity index (χ2v) is 10.5. The Balaban J connectivity index is 1.35. The van der Waals surface area contributed by atoms with Crippen LogP contribution in [0.5, 0.6) is 0 Å². The van der Waals surface area contributed by atoms with E-state index in [1.165, 1.54) is 12.8 Å². The minimum absolute atomic E-state index is 0.175. The smallest absolute Gasteiger partial charge is 0.250 e. The van der Waals surface area contributed by atoms with Crippen molar-refractivity contribution in [3.63, 3.8) is 0 Å². The number of alkyl halides is 2. The molecule has 2 aromatic heterocycles. The van der Waals surface area contributed by atoms with E-state index in [9.17, 15) is 13.9 Å². The zero-order valence-electron chi connectivity index (χ0n) is 21.6. The van der Waals surface area contributed by atoms with Gasteiger partial charge in [0.25, 0.3) is 5.92 Å². The lowest BCUT2D eigenvalue weighted by Gasteiger charge is -2.38. The van der Waals surface area contributed by atoms with Crippen LogP contribution < -0.4 is 10.2 Å². The maximum atomic E-state index is 13.9. The normalized spacial score (nSPS) is 20.0. The number of benzene rings is 1. The van der Waals surface area contributed by atoms with E-state index < -0.39 is 12.2 Å². The van der Waals surface area contributed by atoms with Crippen molar-refractivity contribution in [1.29, 1.82) is 0 Å². The number of nitrogens with one attached hydrogen (secondary N) is 1. The Labute approximate surface area is 216 Å². The van der Waals surface area contributed by atoms with Crippen LogP contribution in [0, 0.1) is 0 Å². The molecule has 0 aliphatic carbocycles. The van der Waals surface area contributed by atoms with Gasteiger partial charge in [0.15, 0.2) is 0 Å². The van der Waals surface area contributed by atoms with Gasteiger partial charge in [-0.25, -0.2) is 23.7 Å². The summed E-state index contributed by atoms with van der Waals surface area (Å²) in [6.07, 6.45) is 4.65. The van der Waals surface area contributed by atoms with E-state index in [1.54, 1.807) is 12.4 Å². The van der Waals surface area contributed by atoms with Gasteiger partial charge in [-0.05, 0) is 31.0 Å². The van der Waals surface area contributed by atoms with E-state index in [4.69, 9.17) is 4.98 Å². The van der Waals surface area contributed by atoms with Gasteiger partial charge in [0.05, 0.1) is 11.6 Å². The highest BCUT2D eigenvalue weighted by atomic mass is 19.3. The third-order valence-electron chi connectivity index (χ3n) is 7.54. The molecule has 0 saturated carbocycles. The van der Waals surface area contributed by atoms with Gasteiger partial charge < -0.3 is 10.0 Å². The van der Waals surface area contributed by atoms with Crippen LogP contribution in [0.25, 0.3) is 10.9 Å². The predicted octanol–water partition coefficient (Wildman–Crippen LogP) is 4.80. The summed E-state index contributed by atoms with van der Waals surface area (Å²) in [7, 11) is 0. The monoisotopic (exact) mass is 510 g/mol. The van der Waals surface area contributed by atoms with Gasteiger partial charge in [0.2, 0.25) is 0 Å². The van der Waals surface area contributed by atoms with Crippen molar-refractivity contribution in [3.05, 3.63) is 59.7 Å². The molecule has 5 rings (SSSR count). The number of pyridine rings is 1. The fraction of sp³-hybridized carbons (Fsp3) is 0.536. The van der Waals surface area contributed by atoms with Crippen LogP contribution in [0.2, 0.25) is 0 Å². The van der Waals surface area contributed by atoms with Crippen molar-refractivity contribution in [3.8, 4) is 0 Å². The molecule has 9 heteroatoms. The quantitative estimate of drug-likeness (QED) is 0.422. The zero-order valence-corrected chi connectivity index (χ0v) is 21.6. The minimum atomic E-state index is -2.63. The number of likely N-dealkylation sites (tertiary alicyclic amines) is 1. The SMILES string of the molecule is CC(C)c1ncc(C(CNC(O)c2cccc3nc(N4CCCC4)ccc23)N2CCC(F)(F)CC2)cn1. The van der Waals surface area contributed by atoms with Crippen molar-refractivity contribution in [2.75, 3.05) is 37.6 Å². The lowest BCUT2D eigenvalue weighted by Crippen LogP contribution is -2.44. The number of aliphatic hydroxyl groups excluding tert-OH is 1. The van der Waals surface area contributed by atoms with Gasteiger partial charge in [-0.3, -0.25) is 10.2 Å². The highest BCUT2D eigenvalue weighted by Crippen LogP contribution is 2.33. The first kappa shape index (κ1) is 25.9. The first-order valence-electron chi connectivity index (χ1n) is 13.3. The highest BCUT2D eigenvalue weighted by Gasteiger charge is 2.37. The van der Waals surface area contributed by atoms with Crippen LogP contribution in [-0.4, -0.2) is 63.6 Å². The van der Waals surface area contributed by atoms with E-state index in [-0.39, 0.29) is 37.9 Å². The number of aromatic nitrogens is 3. The summed E-state index contributed by atoms with van der Waals surface area (Å²) in [5, 5.41) is 15.3. The number of rotatable bonds is 8. The fourth-order valence-electron chi connectivity index (χ4n) is 5.30. The molecular formula is C28H36F2N6O. The van der Waals surface area contributed by atoms with Crippen molar-refractivity contribution < 1.29 is 13.9 Å². The molecule has 4 heterocycles. The van der Waals surface area contributed by atoms with Crippen LogP contribution in [-0.2, 0) is 0 Å². The minimum Gasteiger partial charge on any atom is -0.374 e. The first-order valence-corrected chi connectivity index (χ1v) is 13.3. The van der Waals surface area contributed by atoms with Crippen molar-refractivity contribution in [1.82, 2.24) is 25.2 Å². The Morgan fingerprint density at radius 3 is 2.38 bits per heavy atom. The molecule has 198 valence electrons. The lowest BCUT2D eigenvalue weighted by atomic mass is 10.0. The van der Waals surface area contributed by atoms with Gasteiger partial charge in [-0.1, -0.05) is 26.0 Å². The third kappa shape index (κ3) is 5.89. The van der Waals surface area contributed by atoms with Crippen molar-refractivity contribution in [2.24, 2.45) is 0 Å². The van der Waals surface area contributed by atoms with Crippen molar-refractivity contribution in [2.45, 2.75) is 63.6 Å². The summed E-state index contributed by atoms with van der Waals surface area (Å²) < 4.78 is 27.8. The summed E-state index contributed by atoms with van der Waals surface area (Å²) in [6, 6.07) is 9.59. The Hall–Kier alpha value is -2.75. The Morgan fingerprint density at radius 1 is 1.00 bits per heavy atom. The van der Waals surface area contributed by atoms with Gasteiger partial charge in [0, 0.05) is 80.4 Å². The molecule has 2 fully saturated rings. The topological polar surface area (TPSA) is 77.4 Å². The number of anilines is 1. The van der Waals surface area contributed by atoms with E-state index >= 15 is 0 Å². The zero-order chi connectivity index (χ0) is 26.0. The highest BCUT2D eigenvalue weighted by molar-refractivity contribution is 5.84. The number of fused-ring (bicyclic) bond motifs is 1. The first-order chi connectivity index (χ1) is 17.8. The number of hydrogen-bond donors (Lipinski definition) is 2. The van der Waals surface area contributed by atoms with Gasteiger partial charge >= 0.3 is 0 Å². The molecule has 1 aromatic carbocycles. The van der Waals surface area contributed by atoms with Crippen LogP contribution >= 0.6 is 0 Å². The molecule has 2 N–H and O–H groups in total. The van der Waals surface area contributed by atoms with Gasteiger partial charge in [0.1, 0.15) is 17.9 Å². The van der Waals surface area contributed by atoms with Crippen LogP contribution in [0.4, 0.5) is 14.6 Å². The van der Waals surface area contributed by atoms with Gasteiger partial charge in [-0.15, -0.1) is 0 Å². The summed E-state index contributed by atoms with van der Waals surface area (Å²) in [5.41, 5.74) is 2.44. The average Bonchev–Trinajstić information content (AvgIpc) is 3.44. The molecule has 3 aromatic rings. The molecule has 2 saturated heterocycles. The number of hydrogen-bond acceptors (Lipinski definition) is 7. The molecule has 7 nitrogen and oxygen atoms in total. The molecule has 2 aliphatic heterocycles. The Kier molecular flexibility index (Phi) is 7.65. The maximum absolute atomic E-state index is 13.9. The van der Waals surface area contributed by atoms with Gasteiger partial charge in [-0.2, -0.15) is 0 Å². The molecular weight excluding hydrogens is 474 g/mol. The Bertz CT molecular complexity index is 1190. The Morgan fingerprint density at radius 2 is 1.70 bits per heavy atom. The van der Waals surface area contributed by atoms with E-state index in [0.29, 0.717) is 6.54 Å². The molecule has 0 amide bonds. The third-order valence-corrected chi connectivity index (χ3v) is 7.54. The molecule has 0 bridgehead atoms. The summed E-state index contributed by atoms with van der Waals surface area (Å²) in [4.78, 5) is 18.2. The second kappa shape index (κ2) is 10.9. The van der Waals surface area contributed by atoms with Crippen LogP contribution in [0.1, 0.15) is 74.7 Å². The van der Waals surface area contributed by atoms with E-state index in [0.717, 1.165) is 46.8 Å². The van der Waals surface area contributed by atoms with Crippen LogP contribution in [0.15, 0.2) is 42.7 Å². The average molecular weight is 511 g/mol. The summed E-state index contributed by atoms with van der Waals surface area (Å²) in [5.74, 6) is -0.712. The maximum Gasteiger partial charge on any atom is 0.250 e. The number of nitrogens with zero attached hydrogens (tertiary/aromatic N) is 5. The molecule has 2 atom stereocenters. The van der Waals surface area contributed by atoms with Crippen molar-refractivity contribution >= 4 is 16.7 Å². The summed E-state index contributed by atoms with van der Waals surface area (Å²) in [6.45, 7) is 7.03. The largest absolute Gasteiger partial charge is 0.374 e. The van der Waals surface area contributed by atoms with E-state index in [1.807, 2.05) is 49.1 Å². The lowest BCUT2D eigenvalue weighted by molar-refractivity contribution is -0.0642. The number of aliphatic hydroxyl groups is 1. The number of piperidine rings is 1. The van der Waals surface area contributed by atoms with Crippen LogP contribution in [0.3, 0.4) is 0 Å². The predicted molar refractivity (Wildman–Crippen MR) is 141 cm³/mol. The standard InChI is InChI=1S/C28H36F2N6O/c1-19(2)26-31-16-20(17-32-26)24(35-14-10-28(29,30)11-15-35)18-33-27(37)22-6-5-7-23-21(22)8-9-25(34-23)36-12-3-4-13-36/h5-9,16-17,19,24,27,33,37H,3-4,10-15,18H2,1-2H3. The summed E-state index contributed by atoms with van der Waals surface area (Å²) >= 11 is 0. The number of halogens is 2.